The molecule has 0 amide bonds. The first-order valence-electron chi connectivity index (χ1n) is 9.02. The second-order valence-electron chi connectivity index (χ2n) is 5.94. The van der Waals surface area contributed by atoms with Gasteiger partial charge in [-0.1, -0.05) is 25.4 Å². The maximum Gasteiger partial charge on any atom is 0.152 e. The van der Waals surface area contributed by atoms with Gasteiger partial charge in [0.2, 0.25) is 0 Å². The number of aryl methyl sites for hydroxylation is 2. The van der Waals surface area contributed by atoms with Gasteiger partial charge >= 0.3 is 0 Å². The van der Waals surface area contributed by atoms with Gasteiger partial charge in [-0.2, -0.15) is 4.37 Å². The molecule has 1 aliphatic rings. The van der Waals surface area contributed by atoms with E-state index in [4.69, 9.17) is 23.2 Å². The normalized spacial score (nSPS) is 14.7. The molecule has 0 bridgehead atoms. The summed E-state index contributed by atoms with van der Waals surface area (Å²) in [6, 6.07) is 5.63. The number of hydrazone groups is 1. The van der Waals surface area contributed by atoms with E-state index in [1.54, 1.807) is 11.5 Å². The number of rotatable bonds is 4. The number of hydrogen-bond acceptors (Lipinski definition) is 7. The Kier molecular flexibility index (Phi) is 7.70. The van der Waals surface area contributed by atoms with Gasteiger partial charge in [0.1, 0.15) is 0 Å². The van der Waals surface area contributed by atoms with Crippen LogP contribution in [0.5, 0.6) is 0 Å². The van der Waals surface area contributed by atoms with Gasteiger partial charge in [-0.25, -0.2) is 11.4 Å². The maximum atomic E-state index is 6.41. The number of piperazine rings is 1. The molecular formula is C18H28ClN7S. The van der Waals surface area contributed by atoms with Crippen molar-refractivity contribution >= 4 is 40.3 Å². The van der Waals surface area contributed by atoms with Crippen LogP contribution in [-0.2, 0) is 0 Å². The lowest BCUT2D eigenvalue weighted by atomic mass is 10.1. The van der Waals surface area contributed by atoms with Crippen LogP contribution >= 0.6 is 23.1 Å². The molecule has 2 aromatic rings. The summed E-state index contributed by atoms with van der Waals surface area (Å²) in [6.45, 7) is 11.8. The largest absolute Gasteiger partial charge is 0.382 e. The summed E-state index contributed by atoms with van der Waals surface area (Å²) in [5, 5.41) is 4.53. The zero-order chi connectivity index (χ0) is 20.0. The number of anilines is 2. The van der Waals surface area contributed by atoms with Crippen LogP contribution in [0.4, 0.5) is 11.4 Å². The Labute approximate surface area is 170 Å². The summed E-state index contributed by atoms with van der Waals surface area (Å²) < 4.78 is 4.45. The lowest BCUT2D eigenvalue weighted by molar-refractivity contribution is 0.651. The minimum Gasteiger partial charge on any atom is -0.382 e. The van der Waals surface area contributed by atoms with E-state index in [-0.39, 0.29) is 0 Å². The van der Waals surface area contributed by atoms with E-state index < -0.39 is 0 Å². The molecule has 0 saturated carbocycles. The van der Waals surface area contributed by atoms with Crippen molar-refractivity contribution in [3.63, 3.8) is 0 Å². The SMILES string of the molecule is CC.Cc1nsc(C)c1N1CCN(c2cc(/C(N)=N/NN)ccc2Cl)CC1. The first kappa shape index (κ1) is 21.3. The molecule has 0 aliphatic carbocycles. The number of nitrogens with two attached hydrogens (primary N) is 2. The molecule has 0 spiro atoms. The van der Waals surface area contributed by atoms with E-state index in [0.717, 1.165) is 43.1 Å². The molecule has 7 nitrogen and oxygen atoms in total. The number of nitrogens with one attached hydrogen (secondary N) is 1. The summed E-state index contributed by atoms with van der Waals surface area (Å²) in [5.74, 6) is 5.53. The van der Waals surface area contributed by atoms with Crippen LogP contribution in [0.3, 0.4) is 0 Å². The van der Waals surface area contributed by atoms with Crippen LogP contribution in [-0.4, -0.2) is 36.4 Å². The van der Waals surface area contributed by atoms with Crippen molar-refractivity contribution in [1.82, 2.24) is 9.91 Å². The van der Waals surface area contributed by atoms with E-state index in [1.165, 1.54) is 10.6 Å². The van der Waals surface area contributed by atoms with Crippen LogP contribution in [0.1, 0.15) is 30.0 Å². The highest BCUT2D eigenvalue weighted by atomic mass is 35.5. The quantitative estimate of drug-likeness (QED) is 0.311. The molecule has 1 aromatic carbocycles. The minimum atomic E-state index is 0.328. The summed E-state index contributed by atoms with van der Waals surface area (Å²) in [4.78, 5) is 5.94. The average molecular weight is 410 g/mol. The molecule has 1 aromatic heterocycles. The van der Waals surface area contributed by atoms with Gasteiger partial charge in [-0.15, -0.1) is 5.10 Å². The summed E-state index contributed by atoms with van der Waals surface area (Å²) in [6.07, 6.45) is 0. The fourth-order valence-corrected chi connectivity index (χ4v) is 4.11. The highest BCUT2D eigenvalue weighted by molar-refractivity contribution is 7.06. The molecule has 148 valence electrons. The van der Waals surface area contributed by atoms with Crippen molar-refractivity contribution in [3.8, 4) is 0 Å². The third-order valence-electron chi connectivity index (χ3n) is 4.36. The molecule has 2 heterocycles. The second kappa shape index (κ2) is 9.77. The second-order valence-corrected chi connectivity index (χ2v) is 7.32. The molecule has 27 heavy (non-hydrogen) atoms. The molecular weight excluding hydrogens is 382 g/mol. The molecule has 5 N–H and O–H groups in total. The van der Waals surface area contributed by atoms with Crippen LogP contribution in [0, 0.1) is 13.8 Å². The lowest BCUT2D eigenvalue weighted by Crippen LogP contribution is -2.47. The van der Waals surface area contributed by atoms with Crippen LogP contribution in [0.2, 0.25) is 5.02 Å². The predicted molar refractivity (Wildman–Crippen MR) is 117 cm³/mol. The first-order chi connectivity index (χ1) is 13.0. The van der Waals surface area contributed by atoms with Crippen molar-refractivity contribution in [2.24, 2.45) is 16.7 Å². The third kappa shape index (κ3) is 4.82. The fraction of sp³-hybridized carbons (Fsp3) is 0.444. The molecule has 1 aliphatic heterocycles. The molecule has 0 atom stereocenters. The van der Waals surface area contributed by atoms with Gasteiger partial charge in [0, 0.05) is 36.6 Å². The number of halogens is 1. The highest BCUT2D eigenvalue weighted by Gasteiger charge is 2.23. The zero-order valence-electron chi connectivity index (χ0n) is 16.3. The summed E-state index contributed by atoms with van der Waals surface area (Å²) in [5.41, 5.74) is 12.2. The number of benzene rings is 1. The van der Waals surface area contributed by atoms with Crippen molar-refractivity contribution in [1.29, 1.82) is 0 Å². The van der Waals surface area contributed by atoms with Crippen molar-refractivity contribution in [2.75, 3.05) is 36.0 Å². The predicted octanol–water partition coefficient (Wildman–Crippen LogP) is 2.85. The van der Waals surface area contributed by atoms with Crippen molar-refractivity contribution < 1.29 is 0 Å². The van der Waals surface area contributed by atoms with Gasteiger partial charge in [0.15, 0.2) is 5.84 Å². The maximum absolute atomic E-state index is 6.41. The van der Waals surface area contributed by atoms with Crippen molar-refractivity contribution in [3.05, 3.63) is 39.4 Å². The van der Waals surface area contributed by atoms with Crippen LogP contribution < -0.4 is 26.9 Å². The highest BCUT2D eigenvalue weighted by Crippen LogP contribution is 2.31. The Morgan fingerprint density at radius 3 is 2.37 bits per heavy atom. The average Bonchev–Trinajstić information content (AvgIpc) is 3.02. The summed E-state index contributed by atoms with van der Waals surface area (Å²) in [7, 11) is 0. The van der Waals surface area contributed by atoms with Gasteiger partial charge in [-0.3, -0.25) is 0 Å². The summed E-state index contributed by atoms with van der Waals surface area (Å²) >= 11 is 7.98. The standard InChI is InChI=1S/C16H22ClN7S.C2H6/c1-10-15(11(2)25-21-10)24-7-5-23(6-8-24)14-9-12(3-4-13(14)17)16(18)20-22-19;1-2/h3-4,9,22H,5-8,19H2,1-2H3,(H2,18,20);1-2H3. The number of hydrazine groups is 1. The van der Waals surface area contributed by atoms with Gasteiger partial charge in [0.05, 0.1) is 22.1 Å². The molecule has 0 unspecified atom stereocenters. The van der Waals surface area contributed by atoms with E-state index >= 15 is 0 Å². The Balaban J connectivity index is 0.00000126. The minimum absolute atomic E-state index is 0.328. The van der Waals surface area contributed by atoms with E-state index in [9.17, 15) is 0 Å². The molecule has 1 saturated heterocycles. The van der Waals surface area contributed by atoms with Crippen molar-refractivity contribution in [2.45, 2.75) is 27.7 Å². The van der Waals surface area contributed by atoms with Crippen LogP contribution in [0.25, 0.3) is 0 Å². The Bertz CT molecular complexity index is 763. The molecule has 9 heteroatoms. The lowest BCUT2D eigenvalue weighted by Gasteiger charge is -2.38. The first-order valence-corrected chi connectivity index (χ1v) is 10.2. The number of amidine groups is 1. The topological polar surface area (TPSA) is 95.8 Å². The number of nitrogens with zero attached hydrogens (tertiary/aromatic N) is 4. The van der Waals surface area contributed by atoms with Gasteiger partial charge in [0.25, 0.3) is 0 Å². The Morgan fingerprint density at radius 1 is 1.19 bits per heavy atom. The molecule has 3 rings (SSSR count). The Hall–Kier alpha value is -2.03. The fourth-order valence-electron chi connectivity index (χ4n) is 3.15. The molecule has 0 radical (unpaired) electrons. The van der Waals surface area contributed by atoms with Crippen LogP contribution in [0.15, 0.2) is 23.3 Å². The van der Waals surface area contributed by atoms with Gasteiger partial charge < -0.3 is 15.5 Å². The zero-order valence-corrected chi connectivity index (χ0v) is 17.9. The monoisotopic (exact) mass is 409 g/mol. The third-order valence-corrected chi connectivity index (χ3v) is 5.51. The number of aromatic nitrogens is 1. The van der Waals surface area contributed by atoms with E-state index in [2.05, 4.69) is 38.7 Å². The number of hydrogen-bond donors (Lipinski definition) is 3. The molecule has 1 fully saturated rings. The Morgan fingerprint density at radius 2 is 1.81 bits per heavy atom. The van der Waals surface area contributed by atoms with E-state index in [1.807, 2.05) is 32.0 Å². The smallest absolute Gasteiger partial charge is 0.152 e. The van der Waals surface area contributed by atoms with Gasteiger partial charge in [-0.05, 0) is 43.6 Å². The van der Waals surface area contributed by atoms with E-state index in [0.29, 0.717) is 10.9 Å².